The molecule has 1 aliphatic heterocycles. The third-order valence-electron chi connectivity index (χ3n) is 3.50. The van der Waals surface area contributed by atoms with Crippen LogP contribution in [0.2, 0.25) is 0 Å². The van der Waals surface area contributed by atoms with Crippen molar-refractivity contribution in [3.8, 4) is 11.5 Å². The van der Waals surface area contributed by atoms with E-state index in [0.717, 1.165) is 30.4 Å². The van der Waals surface area contributed by atoms with Crippen LogP contribution in [0.4, 0.5) is 0 Å². The molecule has 3 heteroatoms. The second kappa shape index (κ2) is 5.19. The van der Waals surface area contributed by atoms with Gasteiger partial charge in [-0.15, -0.1) is 0 Å². The lowest BCUT2D eigenvalue weighted by molar-refractivity contribution is 0.173. The van der Waals surface area contributed by atoms with Crippen LogP contribution < -0.4 is 9.47 Å². The highest BCUT2D eigenvalue weighted by Gasteiger charge is 2.31. The van der Waals surface area contributed by atoms with Crippen LogP contribution in [0.5, 0.6) is 11.5 Å². The summed E-state index contributed by atoms with van der Waals surface area (Å²) in [6.45, 7) is 3.68. The Morgan fingerprint density at radius 2 is 1.89 bits per heavy atom. The summed E-state index contributed by atoms with van der Waals surface area (Å²) in [4.78, 5) is 0. The minimum atomic E-state index is 0.306. The van der Waals surface area contributed by atoms with Crippen LogP contribution in [0.25, 0.3) is 0 Å². The molecule has 0 spiro atoms. The van der Waals surface area contributed by atoms with E-state index >= 15 is 0 Å². The molecule has 0 radical (unpaired) electrons. The highest BCUT2D eigenvalue weighted by atomic mass is 16.6. The van der Waals surface area contributed by atoms with Crippen LogP contribution in [0.15, 0.2) is 24.3 Å². The zero-order valence-electron chi connectivity index (χ0n) is 10.8. The van der Waals surface area contributed by atoms with Crippen molar-refractivity contribution in [3.05, 3.63) is 24.3 Å². The van der Waals surface area contributed by atoms with E-state index in [-0.39, 0.29) is 0 Å². The molecule has 2 aliphatic rings. The smallest absolute Gasteiger partial charge is 0.120 e. The van der Waals surface area contributed by atoms with Crippen LogP contribution in [0, 0.1) is 5.92 Å². The normalized spacial score (nSPS) is 23.5. The van der Waals surface area contributed by atoms with Gasteiger partial charge in [0.05, 0.1) is 6.61 Å². The Labute approximate surface area is 108 Å². The molecule has 0 aromatic heterocycles. The minimum absolute atomic E-state index is 0.306. The highest BCUT2D eigenvalue weighted by molar-refractivity contribution is 5.31. The topological polar surface area (TPSA) is 31.0 Å². The number of benzene rings is 1. The summed E-state index contributed by atoms with van der Waals surface area (Å²) in [7, 11) is 0. The number of epoxide rings is 1. The van der Waals surface area contributed by atoms with E-state index < -0.39 is 0 Å². The first-order valence-electron chi connectivity index (χ1n) is 6.86. The quantitative estimate of drug-likeness (QED) is 0.695. The molecule has 1 saturated carbocycles. The summed E-state index contributed by atoms with van der Waals surface area (Å²) in [5, 5.41) is 0. The van der Waals surface area contributed by atoms with Crippen molar-refractivity contribution in [1.82, 2.24) is 0 Å². The molecule has 3 rings (SSSR count). The number of hydrogen-bond acceptors (Lipinski definition) is 3. The maximum atomic E-state index is 6.00. The second-order valence-electron chi connectivity index (χ2n) is 5.14. The van der Waals surface area contributed by atoms with Crippen molar-refractivity contribution in [1.29, 1.82) is 0 Å². The van der Waals surface area contributed by atoms with E-state index in [2.05, 4.69) is 6.92 Å². The number of rotatable bonds is 7. The van der Waals surface area contributed by atoms with Gasteiger partial charge in [0.25, 0.3) is 0 Å². The Hall–Kier alpha value is -1.22. The fraction of sp³-hybridized carbons (Fsp3) is 0.600. The summed E-state index contributed by atoms with van der Waals surface area (Å²) in [6, 6.07) is 7.93. The lowest BCUT2D eigenvalue weighted by atomic mass is 10.2. The van der Waals surface area contributed by atoms with Gasteiger partial charge in [0.2, 0.25) is 0 Å². The predicted molar refractivity (Wildman–Crippen MR) is 69.1 cm³/mol. The maximum absolute atomic E-state index is 6.00. The Balaban J connectivity index is 1.52. The van der Waals surface area contributed by atoms with Crippen molar-refractivity contribution >= 4 is 0 Å². The molecule has 3 nitrogen and oxygen atoms in total. The summed E-state index contributed by atoms with van der Waals surface area (Å²) in [6.07, 6.45) is 4.42. The summed E-state index contributed by atoms with van der Waals surface area (Å²) in [5.41, 5.74) is 0. The van der Waals surface area contributed by atoms with Crippen molar-refractivity contribution in [2.24, 2.45) is 5.92 Å². The van der Waals surface area contributed by atoms with Crippen LogP contribution in [0.1, 0.15) is 26.2 Å². The Morgan fingerprint density at radius 1 is 1.22 bits per heavy atom. The standard InChI is InChI=1S/C15H20O3/c1-2-15(11-3-4-11)18-13-7-5-12(6-8-13)16-9-14-10-17-14/h5-8,11,14-15H,2-4,9-10H2,1H3. The van der Waals surface area contributed by atoms with Gasteiger partial charge < -0.3 is 14.2 Å². The van der Waals surface area contributed by atoms with Crippen LogP contribution >= 0.6 is 0 Å². The SMILES string of the molecule is CCC(Oc1ccc(OCC2CO2)cc1)C1CC1. The number of ether oxygens (including phenoxy) is 3. The average Bonchev–Trinajstić information content (AvgIpc) is 3.28. The van der Waals surface area contributed by atoms with E-state index in [9.17, 15) is 0 Å². The summed E-state index contributed by atoms with van der Waals surface area (Å²) in [5.74, 6) is 2.61. The van der Waals surface area contributed by atoms with Crippen LogP contribution in [-0.4, -0.2) is 25.4 Å². The molecule has 98 valence electrons. The summed E-state index contributed by atoms with van der Waals surface area (Å²) < 4.78 is 16.7. The molecular weight excluding hydrogens is 228 g/mol. The zero-order chi connectivity index (χ0) is 12.4. The number of hydrogen-bond donors (Lipinski definition) is 0. The average molecular weight is 248 g/mol. The molecular formula is C15H20O3. The molecule has 0 bridgehead atoms. The molecule has 1 heterocycles. The van der Waals surface area contributed by atoms with Gasteiger partial charge in [-0.3, -0.25) is 0 Å². The Bertz CT molecular complexity index is 379. The van der Waals surface area contributed by atoms with Gasteiger partial charge in [-0.25, -0.2) is 0 Å². The lowest BCUT2D eigenvalue weighted by Crippen LogP contribution is -2.17. The molecule has 2 atom stereocenters. The first kappa shape index (κ1) is 11.8. The third-order valence-corrected chi connectivity index (χ3v) is 3.50. The molecule has 0 amide bonds. The molecule has 2 unspecified atom stereocenters. The van der Waals surface area contributed by atoms with E-state index in [1.54, 1.807) is 0 Å². The maximum Gasteiger partial charge on any atom is 0.120 e. The molecule has 18 heavy (non-hydrogen) atoms. The molecule has 1 aromatic rings. The monoisotopic (exact) mass is 248 g/mol. The van der Waals surface area contributed by atoms with Crippen LogP contribution in [0.3, 0.4) is 0 Å². The highest BCUT2D eigenvalue weighted by Crippen LogP contribution is 2.36. The van der Waals surface area contributed by atoms with Gasteiger partial charge in [0.1, 0.15) is 30.3 Å². The van der Waals surface area contributed by atoms with Crippen molar-refractivity contribution < 1.29 is 14.2 Å². The van der Waals surface area contributed by atoms with Gasteiger partial charge in [0, 0.05) is 0 Å². The second-order valence-corrected chi connectivity index (χ2v) is 5.14. The third kappa shape index (κ3) is 3.16. The summed E-state index contributed by atoms with van der Waals surface area (Å²) >= 11 is 0. The van der Waals surface area contributed by atoms with Gasteiger partial charge in [-0.1, -0.05) is 6.92 Å². The fourth-order valence-corrected chi connectivity index (χ4v) is 2.12. The Kier molecular flexibility index (Phi) is 3.41. The van der Waals surface area contributed by atoms with Crippen molar-refractivity contribution in [2.75, 3.05) is 13.2 Å². The molecule has 2 fully saturated rings. The first-order chi connectivity index (χ1) is 8.85. The largest absolute Gasteiger partial charge is 0.491 e. The Morgan fingerprint density at radius 3 is 2.44 bits per heavy atom. The van der Waals surface area contributed by atoms with E-state index in [1.165, 1.54) is 12.8 Å². The fourth-order valence-electron chi connectivity index (χ4n) is 2.12. The van der Waals surface area contributed by atoms with E-state index in [1.807, 2.05) is 24.3 Å². The van der Waals surface area contributed by atoms with Crippen LogP contribution in [-0.2, 0) is 4.74 Å². The first-order valence-corrected chi connectivity index (χ1v) is 6.86. The molecule has 1 saturated heterocycles. The van der Waals surface area contributed by atoms with E-state index in [0.29, 0.717) is 18.8 Å². The predicted octanol–water partition coefficient (Wildman–Crippen LogP) is 3.03. The van der Waals surface area contributed by atoms with Gasteiger partial charge in [-0.2, -0.15) is 0 Å². The zero-order valence-corrected chi connectivity index (χ0v) is 10.8. The van der Waals surface area contributed by atoms with E-state index in [4.69, 9.17) is 14.2 Å². The molecule has 0 N–H and O–H groups in total. The van der Waals surface area contributed by atoms with Crippen molar-refractivity contribution in [2.45, 2.75) is 38.4 Å². The molecule has 1 aliphatic carbocycles. The van der Waals surface area contributed by atoms with Gasteiger partial charge in [-0.05, 0) is 49.4 Å². The lowest BCUT2D eigenvalue weighted by Gasteiger charge is -2.17. The molecule has 1 aromatic carbocycles. The van der Waals surface area contributed by atoms with Gasteiger partial charge in [0.15, 0.2) is 0 Å². The van der Waals surface area contributed by atoms with Crippen molar-refractivity contribution in [3.63, 3.8) is 0 Å². The minimum Gasteiger partial charge on any atom is -0.491 e. The van der Waals surface area contributed by atoms with Gasteiger partial charge >= 0.3 is 0 Å².